The Bertz CT molecular complexity index is 300. The second-order valence-corrected chi connectivity index (χ2v) is 3.17. The monoisotopic (exact) mass is 217 g/mol. The van der Waals surface area contributed by atoms with Crippen molar-refractivity contribution in [2.75, 3.05) is 13.2 Å². The summed E-state index contributed by atoms with van der Waals surface area (Å²) in [6.45, 7) is -0.313. The summed E-state index contributed by atoms with van der Waals surface area (Å²) in [4.78, 5) is 0. The Hall–Kier alpha value is -1.04. The van der Waals surface area contributed by atoms with Gasteiger partial charge in [0.2, 0.25) is 0 Å². The van der Waals surface area contributed by atoms with Crippen molar-refractivity contribution >= 4 is 0 Å². The molecular weight excluding hydrogens is 204 g/mol. The minimum Gasteiger partial charge on any atom is -0.394 e. The fourth-order valence-corrected chi connectivity index (χ4v) is 1.13. The molecule has 3 N–H and O–H groups in total. The minimum atomic E-state index is -0.917. The molecule has 1 aromatic rings. The lowest BCUT2D eigenvalue weighted by Gasteiger charge is -2.09. The van der Waals surface area contributed by atoms with Crippen molar-refractivity contribution < 1.29 is 19.0 Å². The van der Waals surface area contributed by atoms with Crippen LogP contribution in [0.15, 0.2) is 18.2 Å². The van der Waals surface area contributed by atoms with Gasteiger partial charge in [0.15, 0.2) is 0 Å². The Balaban J connectivity index is 2.50. The molecule has 1 rings (SSSR count). The van der Waals surface area contributed by atoms with Crippen LogP contribution in [0.3, 0.4) is 0 Å². The zero-order valence-electron chi connectivity index (χ0n) is 8.08. The number of aliphatic hydroxyl groups is 2. The summed E-state index contributed by atoms with van der Waals surface area (Å²) in [5, 5.41) is 20.1. The van der Waals surface area contributed by atoms with Crippen molar-refractivity contribution in [2.45, 2.75) is 12.6 Å². The van der Waals surface area contributed by atoms with E-state index < -0.39 is 17.7 Å². The zero-order valence-corrected chi connectivity index (χ0v) is 8.08. The van der Waals surface area contributed by atoms with Crippen LogP contribution in [0, 0.1) is 11.6 Å². The Morgan fingerprint density at radius 3 is 2.40 bits per heavy atom. The second kappa shape index (κ2) is 5.75. The summed E-state index contributed by atoms with van der Waals surface area (Å²) in [5.41, 5.74) is -0.0670. The van der Waals surface area contributed by atoms with Crippen molar-refractivity contribution in [3.63, 3.8) is 0 Å². The third-order valence-electron chi connectivity index (χ3n) is 1.95. The van der Waals surface area contributed by atoms with E-state index in [1.807, 2.05) is 0 Å². The van der Waals surface area contributed by atoms with Crippen LogP contribution in [0.2, 0.25) is 0 Å². The van der Waals surface area contributed by atoms with Gasteiger partial charge in [0.1, 0.15) is 11.6 Å². The molecule has 0 fully saturated rings. The van der Waals surface area contributed by atoms with E-state index in [1.165, 1.54) is 18.2 Å². The topological polar surface area (TPSA) is 52.5 Å². The average Bonchev–Trinajstić information content (AvgIpc) is 2.22. The Morgan fingerprint density at radius 2 is 1.87 bits per heavy atom. The molecule has 0 heterocycles. The molecule has 0 spiro atoms. The maximum atomic E-state index is 13.1. The van der Waals surface area contributed by atoms with Crippen molar-refractivity contribution in [1.82, 2.24) is 5.32 Å². The van der Waals surface area contributed by atoms with Gasteiger partial charge in [-0.15, -0.1) is 0 Å². The molecule has 0 saturated heterocycles. The first-order chi connectivity index (χ1) is 7.15. The summed E-state index contributed by atoms with van der Waals surface area (Å²) in [6, 6.07) is 3.63. The summed E-state index contributed by atoms with van der Waals surface area (Å²) in [6.07, 6.45) is -0.917. The first-order valence-corrected chi connectivity index (χ1v) is 4.57. The molecule has 0 amide bonds. The fraction of sp³-hybridized carbons (Fsp3) is 0.400. The largest absolute Gasteiger partial charge is 0.394 e. The van der Waals surface area contributed by atoms with Gasteiger partial charge in [0, 0.05) is 18.7 Å². The molecule has 0 bridgehead atoms. The molecule has 84 valence electrons. The first-order valence-electron chi connectivity index (χ1n) is 4.57. The number of rotatable bonds is 5. The van der Waals surface area contributed by atoms with Gasteiger partial charge in [0.05, 0.1) is 12.7 Å². The van der Waals surface area contributed by atoms with Gasteiger partial charge in [-0.25, -0.2) is 8.78 Å². The predicted molar refractivity (Wildman–Crippen MR) is 51.2 cm³/mol. The number of nitrogens with one attached hydrogen (secondary N) is 1. The molecule has 1 atom stereocenters. The summed E-state index contributed by atoms with van der Waals surface area (Å²) in [5.74, 6) is -1.25. The third kappa shape index (κ3) is 3.54. The number of halogens is 2. The first kappa shape index (κ1) is 12.0. The molecular formula is C10H13F2NO2. The summed E-state index contributed by atoms with van der Waals surface area (Å²) < 4.78 is 26.1. The van der Waals surface area contributed by atoms with E-state index in [0.717, 1.165) is 0 Å². The van der Waals surface area contributed by atoms with E-state index >= 15 is 0 Å². The highest BCUT2D eigenvalue weighted by atomic mass is 19.1. The van der Waals surface area contributed by atoms with Gasteiger partial charge in [-0.2, -0.15) is 0 Å². The van der Waals surface area contributed by atoms with E-state index in [-0.39, 0.29) is 25.3 Å². The van der Waals surface area contributed by atoms with Crippen molar-refractivity contribution in [3.8, 4) is 0 Å². The highest BCUT2D eigenvalue weighted by Crippen LogP contribution is 2.11. The quantitative estimate of drug-likeness (QED) is 0.669. The molecule has 0 aromatic heterocycles. The highest BCUT2D eigenvalue weighted by molar-refractivity contribution is 5.19. The molecule has 0 aliphatic heterocycles. The van der Waals surface area contributed by atoms with E-state index in [9.17, 15) is 8.78 Å². The van der Waals surface area contributed by atoms with Gasteiger partial charge < -0.3 is 15.5 Å². The van der Waals surface area contributed by atoms with Crippen LogP contribution in [0.5, 0.6) is 0 Å². The maximum Gasteiger partial charge on any atom is 0.130 e. The lowest BCUT2D eigenvalue weighted by Crippen LogP contribution is -2.29. The zero-order chi connectivity index (χ0) is 11.3. The van der Waals surface area contributed by atoms with Crippen LogP contribution in [-0.2, 0) is 6.54 Å². The standard InChI is InChI=1S/C10H13F2NO2/c11-9-2-1-3-10(12)8(9)5-13-4-7(15)6-14/h1-3,7,13-15H,4-6H2/t7-/m1/s1. The van der Waals surface area contributed by atoms with E-state index in [1.54, 1.807) is 0 Å². The molecule has 15 heavy (non-hydrogen) atoms. The molecule has 0 unspecified atom stereocenters. The second-order valence-electron chi connectivity index (χ2n) is 3.17. The van der Waals surface area contributed by atoms with Crippen LogP contribution in [0.4, 0.5) is 8.78 Å². The number of aliphatic hydroxyl groups excluding tert-OH is 2. The Labute approximate surface area is 86.4 Å². The minimum absolute atomic E-state index is 0.0183. The van der Waals surface area contributed by atoms with Crippen LogP contribution in [-0.4, -0.2) is 29.5 Å². The smallest absolute Gasteiger partial charge is 0.130 e. The lowest BCUT2D eigenvalue weighted by molar-refractivity contribution is 0.0941. The van der Waals surface area contributed by atoms with Crippen LogP contribution in [0.1, 0.15) is 5.56 Å². The highest BCUT2D eigenvalue weighted by Gasteiger charge is 2.08. The van der Waals surface area contributed by atoms with Gasteiger partial charge in [-0.1, -0.05) is 6.07 Å². The van der Waals surface area contributed by atoms with E-state index in [2.05, 4.69) is 5.32 Å². The van der Waals surface area contributed by atoms with E-state index in [4.69, 9.17) is 10.2 Å². The van der Waals surface area contributed by atoms with Crippen molar-refractivity contribution in [3.05, 3.63) is 35.4 Å². The molecule has 5 heteroatoms. The molecule has 1 aromatic carbocycles. The molecule has 0 radical (unpaired) electrons. The Kier molecular flexibility index (Phi) is 4.61. The lowest BCUT2D eigenvalue weighted by atomic mass is 10.2. The SMILES string of the molecule is OC[C@H](O)CNCc1c(F)cccc1F. The number of hydrogen-bond acceptors (Lipinski definition) is 3. The predicted octanol–water partition coefficient (Wildman–Crippen LogP) is 0.408. The molecule has 0 aliphatic rings. The van der Waals surface area contributed by atoms with Crippen LogP contribution in [0.25, 0.3) is 0 Å². The summed E-state index contributed by atoms with van der Waals surface area (Å²) >= 11 is 0. The van der Waals surface area contributed by atoms with E-state index in [0.29, 0.717) is 0 Å². The maximum absolute atomic E-state index is 13.1. The van der Waals surface area contributed by atoms with Crippen LogP contribution >= 0.6 is 0 Å². The van der Waals surface area contributed by atoms with Crippen molar-refractivity contribution in [2.24, 2.45) is 0 Å². The van der Waals surface area contributed by atoms with Gasteiger partial charge in [-0.3, -0.25) is 0 Å². The number of benzene rings is 1. The average molecular weight is 217 g/mol. The number of hydrogen-bond donors (Lipinski definition) is 3. The molecule has 3 nitrogen and oxygen atoms in total. The normalized spacial score (nSPS) is 12.8. The van der Waals surface area contributed by atoms with Crippen LogP contribution < -0.4 is 5.32 Å². The molecule has 0 saturated carbocycles. The fourth-order valence-electron chi connectivity index (χ4n) is 1.13. The molecule has 0 aliphatic carbocycles. The van der Waals surface area contributed by atoms with Gasteiger partial charge in [0.25, 0.3) is 0 Å². The Morgan fingerprint density at radius 1 is 1.27 bits per heavy atom. The van der Waals surface area contributed by atoms with Gasteiger partial charge >= 0.3 is 0 Å². The third-order valence-corrected chi connectivity index (χ3v) is 1.95. The van der Waals surface area contributed by atoms with Gasteiger partial charge in [-0.05, 0) is 12.1 Å². The summed E-state index contributed by atoms with van der Waals surface area (Å²) in [7, 11) is 0. The van der Waals surface area contributed by atoms with Crippen molar-refractivity contribution in [1.29, 1.82) is 0 Å².